The van der Waals surface area contributed by atoms with Crippen molar-refractivity contribution in [3.8, 4) is 11.5 Å². The van der Waals surface area contributed by atoms with E-state index in [0.717, 1.165) is 25.7 Å². The highest BCUT2D eigenvalue weighted by Crippen LogP contribution is 2.33. The Morgan fingerprint density at radius 1 is 1.14 bits per heavy atom. The van der Waals surface area contributed by atoms with E-state index in [4.69, 9.17) is 15.2 Å². The van der Waals surface area contributed by atoms with Crippen LogP contribution in [0.1, 0.15) is 49.4 Å². The van der Waals surface area contributed by atoms with Crippen LogP contribution in [0.2, 0.25) is 0 Å². The van der Waals surface area contributed by atoms with Gasteiger partial charge < -0.3 is 20.5 Å². The topological polar surface area (TPSA) is 73.6 Å². The molecule has 0 heterocycles. The van der Waals surface area contributed by atoms with Crippen molar-refractivity contribution in [2.45, 2.75) is 44.6 Å². The number of amides is 1. The molecule has 21 heavy (non-hydrogen) atoms. The summed E-state index contributed by atoms with van der Waals surface area (Å²) >= 11 is 0. The molecule has 0 aromatic heterocycles. The first-order valence-electron chi connectivity index (χ1n) is 7.33. The zero-order valence-electron chi connectivity index (χ0n) is 13.0. The minimum absolute atomic E-state index is 0.144. The fourth-order valence-electron chi connectivity index (χ4n) is 2.89. The molecule has 116 valence electrons. The maximum atomic E-state index is 12.5. The van der Waals surface area contributed by atoms with Gasteiger partial charge in [-0.1, -0.05) is 19.3 Å². The summed E-state index contributed by atoms with van der Waals surface area (Å²) in [5.41, 5.74) is 6.65. The van der Waals surface area contributed by atoms with Crippen LogP contribution in [0.4, 0.5) is 5.69 Å². The van der Waals surface area contributed by atoms with E-state index in [9.17, 15) is 4.79 Å². The predicted octanol–water partition coefficient (Wildman–Crippen LogP) is 2.74. The second kappa shape index (κ2) is 6.24. The van der Waals surface area contributed by atoms with Crippen LogP contribution in [-0.2, 0) is 0 Å². The number of carbonyl (C=O) groups is 1. The number of carbonyl (C=O) groups excluding carboxylic acids is 1. The molecule has 5 heteroatoms. The Bertz CT molecular complexity index is 522. The molecule has 2 rings (SSSR count). The molecule has 0 bridgehead atoms. The summed E-state index contributed by atoms with van der Waals surface area (Å²) in [5.74, 6) is 0.874. The summed E-state index contributed by atoms with van der Waals surface area (Å²) in [6.45, 7) is 2.10. The maximum Gasteiger partial charge on any atom is 0.253 e. The van der Waals surface area contributed by atoms with Gasteiger partial charge in [-0.05, 0) is 25.8 Å². The van der Waals surface area contributed by atoms with Gasteiger partial charge in [-0.3, -0.25) is 4.79 Å². The number of benzene rings is 1. The average Bonchev–Trinajstić information content (AvgIpc) is 2.46. The van der Waals surface area contributed by atoms with Gasteiger partial charge >= 0.3 is 0 Å². The molecule has 1 aliphatic rings. The second-order valence-electron chi connectivity index (χ2n) is 5.87. The molecule has 3 N–H and O–H groups in total. The van der Waals surface area contributed by atoms with Gasteiger partial charge in [-0.2, -0.15) is 0 Å². The Labute approximate surface area is 125 Å². The Hall–Kier alpha value is -1.91. The third kappa shape index (κ3) is 3.40. The van der Waals surface area contributed by atoms with Crippen LogP contribution < -0.4 is 20.5 Å². The van der Waals surface area contributed by atoms with E-state index in [1.807, 2.05) is 0 Å². The summed E-state index contributed by atoms with van der Waals surface area (Å²) in [6, 6.07) is 3.26. The third-order valence-corrected chi connectivity index (χ3v) is 4.17. The van der Waals surface area contributed by atoms with Crippen molar-refractivity contribution in [1.29, 1.82) is 0 Å². The molecule has 1 aromatic rings. The first-order chi connectivity index (χ1) is 9.99. The van der Waals surface area contributed by atoms with E-state index in [1.54, 1.807) is 19.2 Å². The number of ether oxygens (including phenoxy) is 2. The van der Waals surface area contributed by atoms with Gasteiger partial charge in [0.1, 0.15) is 0 Å². The number of rotatable bonds is 4. The first-order valence-corrected chi connectivity index (χ1v) is 7.33. The zero-order valence-corrected chi connectivity index (χ0v) is 13.0. The van der Waals surface area contributed by atoms with Gasteiger partial charge in [0.2, 0.25) is 0 Å². The van der Waals surface area contributed by atoms with Gasteiger partial charge in [0.15, 0.2) is 11.5 Å². The molecule has 0 radical (unpaired) electrons. The lowest BCUT2D eigenvalue weighted by Crippen LogP contribution is -2.47. The fraction of sp³-hybridized carbons (Fsp3) is 0.562. The molecule has 1 aromatic carbocycles. The largest absolute Gasteiger partial charge is 0.493 e. The molecule has 1 fully saturated rings. The number of hydrogen-bond donors (Lipinski definition) is 2. The summed E-state index contributed by atoms with van der Waals surface area (Å²) < 4.78 is 10.4. The van der Waals surface area contributed by atoms with Gasteiger partial charge in [0, 0.05) is 17.3 Å². The van der Waals surface area contributed by atoms with Crippen molar-refractivity contribution >= 4 is 11.6 Å². The maximum absolute atomic E-state index is 12.5. The molecule has 1 aliphatic carbocycles. The number of anilines is 1. The van der Waals surface area contributed by atoms with Crippen molar-refractivity contribution in [3.63, 3.8) is 0 Å². The molecular weight excluding hydrogens is 268 g/mol. The normalized spacial score (nSPS) is 17.1. The molecule has 1 amide bonds. The highest BCUT2D eigenvalue weighted by Gasteiger charge is 2.29. The SMILES string of the molecule is COc1cc(N)c(C(=O)NC2(C)CCCCC2)cc1OC. The number of methoxy groups -OCH3 is 2. The molecule has 1 saturated carbocycles. The quantitative estimate of drug-likeness (QED) is 0.837. The number of hydrogen-bond acceptors (Lipinski definition) is 4. The van der Waals surface area contributed by atoms with Crippen molar-refractivity contribution in [2.24, 2.45) is 0 Å². The molecule has 0 unspecified atom stereocenters. The van der Waals surface area contributed by atoms with E-state index in [2.05, 4.69) is 12.2 Å². The van der Waals surface area contributed by atoms with Crippen LogP contribution in [0.25, 0.3) is 0 Å². The van der Waals surface area contributed by atoms with Crippen molar-refractivity contribution < 1.29 is 14.3 Å². The summed E-state index contributed by atoms with van der Waals surface area (Å²) in [6.07, 6.45) is 5.55. The van der Waals surface area contributed by atoms with Crippen LogP contribution in [0.15, 0.2) is 12.1 Å². The Morgan fingerprint density at radius 2 is 1.71 bits per heavy atom. The van der Waals surface area contributed by atoms with Gasteiger partial charge in [0.25, 0.3) is 5.91 Å². The van der Waals surface area contributed by atoms with Crippen molar-refractivity contribution in [1.82, 2.24) is 5.32 Å². The zero-order chi connectivity index (χ0) is 15.5. The highest BCUT2D eigenvalue weighted by molar-refractivity contribution is 6.00. The van der Waals surface area contributed by atoms with Crippen LogP contribution >= 0.6 is 0 Å². The van der Waals surface area contributed by atoms with E-state index >= 15 is 0 Å². The Kier molecular flexibility index (Phi) is 4.60. The number of nitrogens with one attached hydrogen (secondary N) is 1. The van der Waals surface area contributed by atoms with Crippen LogP contribution in [0.3, 0.4) is 0 Å². The first kappa shape index (κ1) is 15.5. The lowest BCUT2D eigenvalue weighted by Gasteiger charge is -2.34. The molecule has 0 aliphatic heterocycles. The standard InChI is InChI=1S/C16H24N2O3/c1-16(7-5-4-6-8-16)18-15(19)11-9-13(20-2)14(21-3)10-12(11)17/h9-10H,4-8,17H2,1-3H3,(H,18,19). The summed E-state index contributed by atoms with van der Waals surface area (Å²) in [7, 11) is 3.08. The van der Waals surface area contributed by atoms with Crippen molar-refractivity contribution in [3.05, 3.63) is 17.7 Å². The van der Waals surface area contributed by atoms with Crippen LogP contribution in [0, 0.1) is 0 Å². The average molecular weight is 292 g/mol. The fourth-order valence-corrected chi connectivity index (χ4v) is 2.89. The van der Waals surface area contributed by atoms with Gasteiger partial charge in [-0.25, -0.2) is 0 Å². The minimum Gasteiger partial charge on any atom is -0.493 e. The monoisotopic (exact) mass is 292 g/mol. The van der Waals surface area contributed by atoms with E-state index in [0.29, 0.717) is 22.7 Å². The van der Waals surface area contributed by atoms with Crippen LogP contribution in [0.5, 0.6) is 11.5 Å². The lowest BCUT2D eigenvalue weighted by atomic mass is 9.83. The Balaban J connectivity index is 2.22. The molecule has 0 spiro atoms. The number of nitrogens with two attached hydrogens (primary N) is 1. The van der Waals surface area contributed by atoms with Gasteiger partial charge in [-0.15, -0.1) is 0 Å². The molecule has 0 atom stereocenters. The summed E-state index contributed by atoms with van der Waals surface area (Å²) in [4.78, 5) is 12.5. The molecular formula is C16H24N2O3. The van der Waals surface area contributed by atoms with E-state index in [1.165, 1.54) is 13.5 Å². The smallest absolute Gasteiger partial charge is 0.253 e. The highest BCUT2D eigenvalue weighted by atomic mass is 16.5. The molecule has 5 nitrogen and oxygen atoms in total. The molecule has 0 saturated heterocycles. The van der Waals surface area contributed by atoms with Gasteiger partial charge in [0.05, 0.1) is 19.8 Å². The Morgan fingerprint density at radius 3 is 2.29 bits per heavy atom. The summed E-state index contributed by atoms with van der Waals surface area (Å²) in [5, 5.41) is 3.13. The van der Waals surface area contributed by atoms with E-state index < -0.39 is 0 Å². The third-order valence-electron chi connectivity index (χ3n) is 4.17. The van der Waals surface area contributed by atoms with Crippen molar-refractivity contribution in [2.75, 3.05) is 20.0 Å². The van der Waals surface area contributed by atoms with Crippen LogP contribution in [-0.4, -0.2) is 25.7 Å². The van der Waals surface area contributed by atoms with E-state index in [-0.39, 0.29) is 11.4 Å². The minimum atomic E-state index is -0.155. The number of nitrogen functional groups attached to an aromatic ring is 1. The second-order valence-corrected chi connectivity index (χ2v) is 5.87. The predicted molar refractivity (Wildman–Crippen MR) is 82.9 cm³/mol. The lowest BCUT2D eigenvalue weighted by molar-refractivity contribution is 0.0883.